The number of rotatable bonds is 2. The topological polar surface area (TPSA) is 12.9 Å². The van der Waals surface area contributed by atoms with Gasteiger partial charge >= 0.3 is 0 Å². The van der Waals surface area contributed by atoms with Gasteiger partial charge in [0.05, 0.1) is 10.5 Å². The van der Waals surface area contributed by atoms with E-state index in [-0.39, 0.29) is 0 Å². The first-order valence-corrected chi connectivity index (χ1v) is 6.51. The molecule has 90 valence electrons. The summed E-state index contributed by atoms with van der Waals surface area (Å²) in [5.74, 6) is 0.467. The molecule has 1 aromatic carbocycles. The zero-order valence-corrected chi connectivity index (χ0v) is 11.6. The van der Waals surface area contributed by atoms with Gasteiger partial charge in [-0.25, -0.2) is 0 Å². The van der Waals surface area contributed by atoms with Crippen molar-refractivity contribution in [1.82, 2.24) is 4.98 Å². The lowest BCUT2D eigenvalue weighted by Gasteiger charge is -2.14. The monoisotopic (exact) mass is 247 g/mol. The zero-order valence-electron chi connectivity index (χ0n) is 10.8. The van der Waals surface area contributed by atoms with Gasteiger partial charge in [-0.3, -0.25) is 4.98 Å². The minimum atomic E-state index is 0.467. The largest absolute Gasteiger partial charge is 0.252 e. The number of nitrogens with zero attached hydrogens (tertiary/aromatic N) is 1. The molecule has 0 saturated heterocycles. The van der Waals surface area contributed by atoms with Crippen LogP contribution < -0.4 is 0 Å². The second kappa shape index (κ2) is 4.66. The van der Waals surface area contributed by atoms with Crippen LogP contribution in [0.5, 0.6) is 0 Å². The van der Waals surface area contributed by atoms with E-state index in [9.17, 15) is 0 Å². The van der Waals surface area contributed by atoms with Gasteiger partial charge in [0.2, 0.25) is 0 Å². The molecule has 0 spiro atoms. The number of hydrogen-bond donors (Lipinski definition) is 0. The van der Waals surface area contributed by atoms with Crippen molar-refractivity contribution in [2.75, 3.05) is 0 Å². The third kappa shape index (κ3) is 2.04. The van der Waals surface area contributed by atoms with E-state index in [0.717, 1.165) is 28.0 Å². The number of halogens is 1. The predicted molar refractivity (Wildman–Crippen MR) is 75.0 cm³/mol. The van der Waals surface area contributed by atoms with Gasteiger partial charge in [0.1, 0.15) is 0 Å². The van der Waals surface area contributed by atoms with Crippen molar-refractivity contribution >= 4 is 22.5 Å². The number of para-hydroxylation sites is 1. The van der Waals surface area contributed by atoms with E-state index in [0.29, 0.717) is 5.92 Å². The Morgan fingerprint density at radius 3 is 2.59 bits per heavy atom. The van der Waals surface area contributed by atoms with Crippen LogP contribution in [0.3, 0.4) is 0 Å². The normalized spacial score (nSPS) is 11.4. The summed E-state index contributed by atoms with van der Waals surface area (Å²) in [5, 5.41) is 1.96. The van der Waals surface area contributed by atoms with E-state index in [1.807, 2.05) is 6.92 Å². The molecule has 0 aliphatic carbocycles. The van der Waals surface area contributed by atoms with Gasteiger partial charge < -0.3 is 0 Å². The molecular formula is C15H18ClN. The molecule has 2 rings (SSSR count). The van der Waals surface area contributed by atoms with Crippen LogP contribution in [-0.4, -0.2) is 4.98 Å². The first-order valence-electron chi connectivity index (χ1n) is 6.13. The lowest BCUT2D eigenvalue weighted by molar-refractivity contribution is 0.871. The Balaban J connectivity index is 2.86. The molecule has 0 fully saturated rings. The number of aromatic nitrogens is 1. The first-order chi connectivity index (χ1) is 8.06. The van der Waals surface area contributed by atoms with Crippen LogP contribution in [0.2, 0.25) is 5.02 Å². The molecule has 1 aromatic heterocycles. The Kier molecular flexibility index (Phi) is 3.39. The molecule has 0 saturated carbocycles. The summed E-state index contributed by atoms with van der Waals surface area (Å²) in [4.78, 5) is 4.74. The number of aryl methyl sites for hydroxylation is 1. The smallest absolute Gasteiger partial charge is 0.0754 e. The van der Waals surface area contributed by atoms with Gasteiger partial charge in [0, 0.05) is 11.1 Å². The molecule has 0 atom stereocenters. The van der Waals surface area contributed by atoms with Crippen LogP contribution in [0.4, 0.5) is 0 Å². The predicted octanol–water partition coefficient (Wildman–Crippen LogP) is 4.88. The van der Waals surface area contributed by atoms with E-state index >= 15 is 0 Å². The van der Waals surface area contributed by atoms with Crippen LogP contribution in [0.15, 0.2) is 18.2 Å². The van der Waals surface area contributed by atoms with Gasteiger partial charge in [-0.15, -0.1) is 0 Å². The fraction of sp³-hybridized carbons (Fsp3) is 0.400. The highest BCUT2D eigenvalue weighted by molar-refractivity contribution is 6.36. The Morgan fingerprint density at radius 1 is 1.29 bits per heavy atom. The second-order valence-electron chi connectivity index (χ2n) is 4.74. The van der Waals surface area contributed by atoms with Crippen molar-refractivity contribution in [3.8, 4) is 0 Å². The molecule has 0 N–H and O–H groups in total. The molecule has 0 bridgehead atoms. The summed E-state index contributed by atoms with van der Waals surface area (Å²) in [5.41, 5.74) is 4.55. The number of pyridine rings is 1. The molecule has 0 aliphatic rings. The van der Waals surface area contributed by atoms with Gasteiger partial charge in [-0.1, -0.05) is 50.6 Å². The minimum absolute atomic E-state index is 0.467. The maximum absolute atomic E-state index is 6.48. The van der Waals surface area contributed by atoms with Crippen molar-refractivity contribution < 1.29 is 0 Å². The molecule has 0 aliphatic heterocycles. The van der Waals surface area contributed by atoms with Gasteiger partial charge in [0.25, 0.3) is 0 Å². The van der Waals surface area contributed by atoms with Crippen LogP contribution >= 0.6 is 11.6 Å². The van der Waals surface area contributed by atoms with E-state index < -0.39 is 0 Å². The Hall–Kier alpha value is -1.08. The molecule has 0 amide bonds. The SMILES string of the molecule is CCc1c(C)nc2c(C(C)C)cccc2c1Cl. The molecule has 1 nitrogen and oxygen atoms in total. The average Bonchev–Trinajstić information content (AvgIpc) is 2.28. The van der Waals surface area contributed by atoms with E-state index in [1.54, 1.807) is 0 Å². The standard InChI is InChI=1S/C15H18ClN/c1-5-11-10(4)17-15-12(9(2)3)7-6-8-13(15)14(11)16/h6-9H,5H2,1-4H3. The third-order valence-electron chi connectivity index (χ3n) is 3.26. The van der Waals surface area contributed by atoms with Gasteiger partial charge in [-0.05, 0) is 30.4 Å². The molecule has 0 radical (unpaired) electrons. The molecule has 2 heteroatoms. The van der Waals surface area contributed by atoms with E-state index in [1.165, 1.54) is 11.1 Å². The van der Waals surface area contributed by atoms with Crippen molar-refractivity contribution in [1.29, 1.82) is 0 Å². The van der Waals surface area contributed by atoms with E-state index in [2.05, 4.69) is 39.0 Å². The van der Waals surface area contributed by atoms with Crippen LogP contribution in [0, 0.1) is 6.92 Å². The highest BCUT2D eigenvalue weighted by Gasteiger charge is 2.13. The molecule has 2 aromatic rings. The molecule has 1 heterocycles. The Bertz CT molecular complexity index is 558. The third-order valence-corrected chi connectivity index (χ3v) is 3.69. The summed E-state index contributed by atoms with van der Waals surface area (Å²) < 4.78 is 0. The maximum atomic E-state index is 6.48. The molecular weight excluding hydrogens is 230 g/mol. The lowest BCUT2D eigenvalue weighted by atomic mass is 9.98. The molecule has 17 heavy (non-hydrogen) atoms. The lowest BCUT2D eigenvalue weighted by Crippen LogP contribution is -1.98. The number of hydrogen-bond acceptors (Lipinski definition) is 1. The van der Waals surface area contributed by atoms with Crippen LogP contribution in [0.25, 0.3) is 10.9 Å². The summed E-state index contributed by atoms with van der Waals surface area (Å²) in [6.45, 7) is 8.54. The highest BCUT2D eigenvalue weighted by Crippen LogP contribution is 2.32. The maximum Gasteiger partial charge on any atom is 0.0754 e. The van der Waals surface area contributed by atoms with Crippen molar-refractivity contribution in [2.45, 2.75) is 40.0 Å². The summed E-state index contributed by atoms with van der Waals surface area (Å²) >= 11 is 6.48. The second-order valence-corrected chi connectivity index (χ2v) is 5.12. The first kappa shape index (κ1) is 12.4. The van der Waals surface area contributed by atoms with Crippen LogP contribution in [-0.2, 0) is 6.42 Å². The van der Waals surface area contributed by atoms with Gasteiger partial charge in [-0.2, -0.15) is 0 Å². The molecule has 0 unspecified atom stereocenters. The summed E-state index contributed by atoms with van der Waals surface area (Å²) in [6.07, 6.45) is 0.930. The minimum Gasteiger partial charge on any atom is -0.252 e. The van der Waals surface area contributed by atoms with Crippen LogP contribution in [0.1, 0.15) is 43.5 Å². The zero-order chi connectivity index (χ0) is 12.6. The number of benzene rings is 1. The number of fused-ring (bicyclic) bond motifs is 1. The average molecular weight is 248 g/mol. The Morgan fingerprint density at radius 2 is 2.00 bits per heavy atom. The van der Waals surface area contributed by atoms with Crippen molar-refractivity contribution in [3.63, 3.8) is 0 Å². The quantitative estimate of drug-likeness (QED) is 0.737. The van der Waals surface area contributed by atoms with Gasteiger partial charge in [0.15, 0.2) is 0 Å². The van der Waals surface area contributed by atoms with Crippen molar-refractivity contribution in [2.24, 2.45) is 0 Å². The van der Waals surface area contributed by atoms with E-state index in [4.69, 9.17) is 16.6 Å². The fourth-order valence-corrected chi connectivity index (χ4v) is 2.72. The fourth-order valence-electron chi connectivity index (χ4n) is 2.30. The van der Waals surface area contributed by atoms with Crippen molar-refractivity contribution in [3.05, 3.63) is 40.0 Å². The highest BCUT2D eigenvalue weighted by atomic mass is 35.5. The summed E-state index contributed by atoms with van der Waals surface area (Å²) in [7, 11) is 0. The summed E-state index contributed by atoms with van der Waals surface area (Å²) in [6, 6.07) is 6.27. The Labute approximate surface area is 108 Å².